The number of nitrogens with two attached hydrogens (primary N) is 1. The van der Waals surface area contributed by atoms with Crippen molar-refractivity contribution < 1.29 is 4.79 Å². The van der Waals surface area contributed by atoms with Crippen molar-refractivity contribution in [3.05, 3.63) is 40.3 Å². The molecule has 0 bridgehead atoms. The Bertz CT molecular complexity index is 554. The molecule has 0 radical (unpaired) electrons. The molecule has 19 heavy (non-hydrogen) atoms. The molecule has 0 aliphatic rings. The van der Waals surface area contributed by atoms with Crippen molar-refractivity contribution in [2.45, 2.75) is 6.42 Å². The van der Waals surface area contributed by atoms with Gasteiger partial charge in [-0.2, -0.15) is 0 Å². The SMILES string of the molecule is CNC(=O)c1ccc(N)cc1NCCc1nccs1. The third-order valence-electron chi connectivity index (χ3n) is 2.65. The van der Waals surface area contributed by atoms with E-state index in [0.29, 0.717) is 17.8 Å². The Morgan fingerprint density at radius 3 is 3.00 bits per heavy atom. The lowest BCUT2D eigenvalue weighted by Gasteiger charge is -2.11. The lowest BCUT2D eigenvalue weighted by atomic mass is 10.1. The second-order valence-electron chi connectivity index (χ2n) is 3.99. The van der Waals surface area contributed by atoms with Gasteiger partial charge >= 0.3 is 0 Å². The molecule has 0 unspecified atom stereocenters. The molecule has 0 aliphatic heterocycles. The number of nitrogens with one attached hydrogen (secondary N) is 2. The van der Waals surface area contributed by atoms with E-state index >= 15 is 0 Å². The quantitative estimate of drug-likeness (QED) is 0.727. The summed E-state index contributed by atoms with van der Waals surface area (Å²) in [6, 6.07) is 5.21. The molecule has 2 rings (SSSR count). The summed E-state index contributed by atoms with van der Waals surface area (Å²) in [6.45, 7) is 0.709. The fraction of sp³-hybridized carbons (Fsp3) is 0.231. The van der Waals surface area contributed by atoms with Gasteiger partial charge in [0.25, 0.3) is 5.91 Å². The van der Waals surface area contributed by atoms with Crippen LogP contribution in [0.4, 0.5) is 11.4 Å². The molecule has 1 amide bonds. The maximum Gasteiger partial charge on any atom is 0.253 e. The first-order valence-corrected chi connectivity index (χ1v) is 6.82. The van der Waals surface area contributed by atoms with Crippen LogP contribution in [0.15, 0.2) is 29.8 Å². The van der Waals surface area contributed by atoms with Crippen molar-refractivity contribution in [1.29, 1.82) is 0 Å². The molecule has 1 heterocycles. The van der Waals surface area contributed by atoms with Crippen LogP contribution in [0.3, 0.4) is 0 Å². The lowest BCUT2D eigenvalue weighted by Crippen LogP contribution is -2.20. The summed E-state index contributed by atoms with van der Waals surface area (Å²) < 4.78 is 0. The Morgan fingerprint density at radius 2 is 2.32 bits per heavy atom. The molecule has 6 heteroatoms. The predicted octanol–water partition coefficient (Wildman–Crippen LogP) is 1.74. The van der Waals surface area contributed by atoms with Gasteiger partial charge in [-0.25, -0.2) is 4.98 Å². The van der Waals surface area contributed by atoms with E-state index in [4.69, 9.17) is 5.73 Å². The van der Waals surface area contributed by atoms with Crippen molar-refractivity contribution in [1.82, 2.24) is 10.3 Å². The van der Waals surface area contributed by atoms with E-state index in [1.54, 1.807) is 42.8 Å². The summed E-state index contributed by atoms with van der Waals surface area (Å²) in [6.07, 6.45) is 2.61. The second-order valence-corrected chi connectivity index (χ2v) is 4.97. The van der Waals surface area contributed by atoms with Gasteiger partial charge < -0.3 is 16.4 Å². The first kappa shape index (κ1) is 13.4. The van der Waals surface area contributed by atoms with Gasteiger partial charge in [0.15, 0.2) is 0 Å². The first-order chi connectivity index (χ1) is 9.20. The number of carbonyl (C=O) groups excluding carboxylic acids is 1. The summed E-state index contributed by atoms with van der Waals surface area (Å²) in [5.41, 5.74) is 7.72. The van der Waals surface area contributed by atoms with Crippen LogP contribution in [0.1, 0.15) is 15.4 Å². The predicted molar refractivity (Wildman–Crippen MR) is 78.6 cm³/mol. The highest BCUT2D eigenvalue weighted by Crippen LogP contribution is 2.19. The minimum Gasteiger partial charge on any atom is -0.399 e. The number of benzene rings is 1. The van der Waals surface area contributed by atoms with Gasteiger partial charge in [0, 0.05) is 43.0 Å². The van der Waals surface area contributed by atoms with Crippen LogP contribution in [0, 0.1) is 0 Å². The van der Waals surface area contributed by atoms with Crippen LogP contribution in [-0.4, -0.2) is 24.5 Å². The molecule has 0 spiro atoms. The average Bonchev–Trinajstić information content (AvgIpc) is 2.91. The number of aromatic nitrogens is 1. The molecule has 0 fully saturated rings. The number of thiazole rings is 1. The number of nitrogen functional groups attached to an aromatic ring is 1. The number of anilines is 2. The van der Waals surface area contributed by atoms with Gasteiger partial charge in [0.1, 0.15) is 0 Å². The molecule has 2 aromatic rings. The zero-order valence-corrected chi connectivity index (χ0v) is 11.5. The van der Waals surface area contributed by atoms with E-state index in [1.165, 1.54) is 0 Å². The Kier molecular flexibility index (Phi) is 4.35. The zero-order valence-electron chi connectivity index (χ0n) is 10.6. The van der Waals surface area contributed by atoms with Gasteiger partial charge in [-0.15, -0.1) is 11.3 Å². The molecular weight excluding hydrogens is 260 g/mol. The van der Waals surface area contributed by atoms with Crippen molar-refractivity contribution in [3.8, 4) is 0 Å². The summed E-state index contributed by atoms with van der Waals surface area (Å²) in [4.78, 5) is 15.9. The molecule has 0 saturated carbocycles. The van der Waals surface area contributed by atoms with E-state index in [9.17, 15) is 4.79 Å². The molecule has 0 aliphatic carbocycles. The van der Waals surface area contributed by atoms with Crippen molar-refractivity contribution >= 4 is 28.6 Å². The summed E-state index contributed by atoms with van der Waals surface area (Å²) >= 11 is 1.62. The number of nitrogens with zero attached hydrogens (tertiary/aromatic N) is 1. The fourth-order valence-electron chi connectivity index (χ4n) is 1.72. The van der Waals surface area contributed by atoms with Gasteiger partial charge in [0.05, 0.1) is 10.6 Å². The minimum absolute atomic E-state index is 0.128. The Hall–Kier alpha value is -2.08. The van der Waals surface area contributed by atoms with E-state index in [-0.39, 0.29) is 5.91 Å². The zero-order chi connectivity index (χ0) is 13.7. The van der Waals surface area contributed by atoms with Gasteiger partial charge in [-0.3, -0.25) is 4.79 Å². The maximum absolute atomic E-state index is 11.7. The second kappa shape index (κ2) is 6.19. The monoisotopic (exact) mass is 276 g/mol. The number of carbonyl (C=O) groups is 1. The number of hydrogen-bond donors (Lipinski definition) is 3. The molecule has 1 aromatic carbocycles. The van der Waals surface area contributed by atoms with Crippen molar-refractivity contribution in [2.75, 3.05) is 24.6 Å². The average molecular weight is 276 g/mol. The number of rotatable bonds is 5. The number of hydrogen-bond acceptors (Lipinski definition) is 5. The maximum atomic E-state index is 11.7. The third kappa shape index (κ3) is 3.45. The van der Waals surface area contributed by atoms with Crippen LogP contribution >= 0.6 is 11.3 Å². The summed E-state index contributed by atoms with van der Waals surface area (Å²) in [5.74, 6) is -0.128. The topological polar surface area (TPSA) is 80.0 Å². The van der Waals surface area contributed by atoms with Gasteiger partial charge in [-0.05, 0) is 18.2 Å². The number of amides is 1. The van der Waals surface area contributed by atoms with Crippen LogP contribution in [-0.2, 0) is 6.42 Å². The fourth-order valence-corrected chi connectivity index (χ4v) is 2.34. The highest BCUT2D eigenvalue weighted by atomic mass is 32.1. The van der Waals surface area contributed by atoms with Crippen LogP contribution in [0.5, 0.6) is 0 Å². The molecule has 100 valence electrons. The lowest BCUT2D eigenvalue weighted by molar-refractivity contribution is 0.0964. The van der Waals surface area contributed by atoms with E-state index < -0.39 is 0 Å². The standard InChI is InChI=1S/C13H16N4OS/c1-15-13(18)10-3-2-9(14)8-11(10)16-5-4-12-17-6-7-19-12/h2-3,6-8,16H,4-5,14H2,1H3,(H,15,18). The highest BCUT2D eigenvalue weighted by molar-refractivity contribution is 7.09. The summed E-state index contributed by atoms with van der Waals surface area (Å²) in [7, 11) is 1.61. The van der Waals surface area contributed by atoms with Gasteiger partial charge in [0.2, 0.25) is 0 Å². The normalized spacial score (nSPS) is 10.2. The smallest absolute Gasteiger partial charge is 0.253 e. The molecule has 0 saturated heterocycles. The van der Waals surface area contributed by atoms with Crippen LogP contribution in [0.2, 0.25) is 0 Å². The Labute approximate surface area is 115 Å². The Morgan fingerprint density at radius 1 is 1.47 bits per heavy atom. The first-order valence-electron chi connectivity index (χ1n) is 5.94. The molecule has 4 N–H and O–H groups in total. The van der Waals surface area contributed by atoms with Crippen molar-refractivity contribution in [2.24, 2.45) is 0 Å². The highest BCUT2D eigenvalue weighted by Gasteiger charge is 2.09. The minimum atomic E-state index is -0.128. The van der Waals surface area contributed by atoms with Crippen LogP contribution < -0.4 is 16.4 Å². The molecule has 5 nitrogen and oxygen atoms in total. The van der Waals surface area contributed by atoms with E-state index in [2.05, 4.69) is 15.6 Å². The van der Waals surface area contributed by atoms with Crippen LogP contribution in [0.25, 0.3) is 0 Å². The molecule has 1 aromatic heterocycles. The van der Waals surface area contributed by atoms with E-state index in [1.807, 2.05) is 5.38 Å². The largest absolute Gasteiger partial charge is 0.399 e. The van der Waals surface area contributed by atoms with Gasteiger partial charge in [-0.1, -0.05) is 0 Å². The Balaban J connectivity index is 2.05. The molecular formula is C13H16N4OS. The van der Waals surface area contributed by atoms with Crippen molar-refractivity contribution in [3.63, 3.8) is 0 Å². The third-order valence-corrected chi connectivity index (χ3v) is 3.49. The summed E-state index contributed by atoms with van der Waals surface area (Å²) in [5, 5.41) is 8.87. The van der Waals surface area contributed by atoms with E-state index in [0.717, 1.165) is 17.1 Å². The molecule has 0 atom stereocenters.